The lowest BCUT2D eigenvalue weighted by Crippen LogP contribution is -2.22. The summed E-state index contributed by atoms with van der Waals surface area (Å²) in [4.78, 5) is 20.1. The monoisotopic (exact) mass is 426 g/mol. The first-order valence-electron chi connectivity index (χ1n) is 8.19. The van der Waals surface area contributed by atoms with Crippen LogP contribution in [0, 0.1) is 0 Å². The van der Waals surface area contributed by atoms with Gasteiger partial charge in [0.2, 0.25) is 18.1 Å². The molecule has 10 heteroatoms. The molecule has 8 nitrogen and oxygen atoms in total. The van der Waals surface area contributed by atoms with Crippen LogP contribution in [-0.2, 0) is 14.2 Å². The lowest BCUT2D eigenvalue weighted by molar-refractivity contribution is -0.0566. The Morgan fingerprint density at radius 2 is 1.82 bits per heavy atom. The van der Waals surface area contributed by atoms with Gasteiger partial charge < -0.3 is 23.7 Å². The Kier molecular flexibility index (Phi) is 7.77. The van der Waals surface area contributed by atoms with Gasteiger partial charge in [-0.2, -0.15) is 9.97 Å². The molecule has 1 unspecified atom stereocenters. The van der Waals surface area contributed by atoms with Crippen molar-refractivity contribution in [3.05, 3.63) is 34.9 Å². The minimum atomic E-state index is -0.989. The summed E-state index contributed by atoms with van der Waals surface area (Å²) in [5, 5.41) is 0.319. The van der Waals surface area contributed by atoms with Crippen LogP contribution in [0.25, 0.3) is 11.4 Å². The maximum atomic E-state index is 11.4. The molecule has 0 aliphatic rings. The second-order valence-electron chi connectivity index (χ2n) is 5.21. The van der Waals surface area contributed by atoms with Crippen molar-refractivity contribution in [2.75, 3.05) is 20.8 Å². The molecular formula is C18H19ClN2O6S. The fourth-order valence-corrected chi connectivity index (χ4v) is 2.84. The second-order valence-corrected chi connectivity index (χ2v) is 5.99. The van der Waals surface area contributed by atoms with Crippen molar-refractivity contribution in [3.63, 3.8) is 0 Å². The minimum absolute atomic E-state index is 0.00258. The van der Waals surface area contributed by atoms with Crippen LogP contribution in [0.4, 0.5) is 4.79 Å². The zero-order chi connectivity index (χ0) is 20.7. The van der Waals surface area contributed by atoms with E-state index in [1.807, 2.05) is 0 Å². The number of thiocarbonyl (C=S) groups is 1. The molecule has 0 saturated carbocycles. The molecule has 0 saturated heterocycles. The van der Waals surface area contributed by atoms with Crippen molar-refractivity contribution in [1.82, 2.24) is 9.97 Å². The van der Waals surface area contributed by atoms with Crippen molar-refractivity contribution in [3.8, 4) is 23.1 Å². The van der Waals surface area contributed by atoms with Crippen LogP contribution < -0.4 is 9.47 Å². The number of methoxy groups -OCH3 is 2. The number of ether oxygens (including phenoxy) is 5. The van der Waals surface area contributed by atoms with Gasteiger partial charge in [-0.15, -0.1) is 0 Å². The quantitative estimate of drug-likeness (QED) is 0.369. The van der Waals surface area contributed by atoms with E-state index in [1.165, 1.54) is 27.2 Å². The molecule has 2 rings (SSSR count). The van der Waals surface area contributed by atoms with Crippen molar-refractivity contribution < 1.29 is 28.5 Å². The van der Waals surface area contributed by atoms with Gasteiger partial charge in [0.15, 0.2) is 10.9 Å². The SMILES string of the molecule is CCOC(=O)OC(C)OC(=S)c1c(Cl)cccc1-c1nc(OC)cc(OC)n1. The standard InChI is InChI=1S/C18H19ClN2O6S/c1-5-25-18(22)27-10(2)26-17(28)15-11(7-6-8-12(15)19)16-20-13(23-3)9-14(21-16)24-4/h6-10H,5H2,1-4H3. The zero-order valence-corrected chi connectivity index (χ0v) is 17.3. The van der Waals surface area contributed by atoms with Gasteiger partial charge in [-0.1, -0.05) is 23.7 Å². The summed E-state index contributed by atoms with van der Waals surface area (Å²) < 4.78 is 25.5. The number of aromatic nitrogens is 2. The van der Waals surface area contributed by atoms with E-state index in [2.05, 4.69) is 9.97 Å². The maximum Gasteiger partial charge on any atom is 0.511 e. The van der Waals surface area contributed by atoms with Crippen LogP contribution in [0.1, 0.15) is 19.4 Å². The highest BCUT2D eigenvalue weighted by Crippen LogP contribution is 2.31. The highest BCUT2D eigenvalue weighted by Gasteiger charge is 2.21. The molecule has 0 aliphatic heterocycles. The number of hydrogen-bond acceptors (Lipinski definition) is 9. The Labute approximate surface area is 172 Å². The van der Waals surface area contributed by atoms with Crippen LogP contribution in [-0.4, -0.2) is 48.3 Å². The van der Waals surface area contributed by atoms with Crippen LogP contribution in [0.3, 0.4) is 0 Å². The predicted molar refractivity (Wildman–Crippen MR) is 106 cm³/mol. The fourth-order valence-electron chi connectivity index (χ4n) is 2.17. The molecule has 0 spiro atoms. The third kappa shape index (κ3) is 5.43. The van der Waals surface area contributed by atoms with Crippen LogP contribution in [0.5, 0.6) is 11.8 Å². The first-order valence-corrected chi connectivity index (χ1v) is 8.98. The second kappa shape index (κ2) is 10.0. The van der Waals surface area contributed by atoms with Gasteiger partial charge in [0.05, 0.1) is 37.5 Å². The molecule has 1 aromatic carbocycles. The number of nitrogens with zero attached hydrogens (tertiary/aromatic N) is 2. The van der Waals surface area contributed by atoms with E-state index in [9.17, 15) is 4.79 Å². The van der Waals surface area contributed by atoms with Gasteiger partial charge in [0, 0.05) is 12.5 Å². The van der Waals surface area contributed by atoms with Gasteiger partial charge in [-0.25, -0.2) is 4.79 Å². The molecule has 0 aliphatic carbocycles. The summed E-state index contributed by atoms with van der Waals surface area (Å²) in [6.45, 7) is 3.35. The third-order valence-electron chi connectivity index (χ3n) is 3.35. The lowest BCUT2D eigenvalue weighted by Gasteiger charge is -2.18. The van der Waals surface area contributed by atoms with Crippen molar-refractivity contribution in [2.24, 2.45) is 0 Å². The Morgan fingerprint density at radius 1 is 1.18 bits per heavy atom. The van der Waals surface area contributed by atoms with Crippen molar-refractivity contribution in [1.29, 1.82) is 0 Å². The molecule has 0 bridgehead atoms. The summed E-state index contributed by atoms with van der Waals surface area (Å²) in [5.74, 6) is 0.885. The van der Waals surface area contributed by atoms with Crippen LogP contribution in [0.2, 0.25) is 5.02 Å². The highest BCUT2D eigenvalue weighted by molar-refractivity contribution is 7.80. The molecule has 28 heavy (non-hydrogen) atoms. The van der Waals surface area contributed by atoms with Gasteiger partial charge >= 0.3 is 6.16 Å². The lowest BCUT2D eigenvalue weighted by atomic mass is 10.1. The summed E-state index contributed by atoms with van der Waals surface area (Å²) in [6.07, 6.45) is -1.85. The Hall–Kier alpha value is -2.65. The topological polar surface area (TPSA) is 89.0 Å². The molecule has 150 valence electrons. The van der Waals surface area contributed by atoms with Crippen molar-refractivity contribution in [2.45, 2.75) is 20.1 Å². The summed E-state index contributed by atoms with van der Waals surface area (Å²) in [6, 6.07) is 6.63. The average Bonchev–Trinajstić information content (AvgIpc) is 2.67. The number of rotatable bonds is 7. The molecular weight excluding hydrogens is 408 g/mol. The maximum absolute atomic E-state index is 11.4. The molecule has 1 aromatic heterocycles. The summed E-state index contributed by atoms with van der Waals surface area (Å²) in [7, 11) is 2.96. The van der Waals surface area contributed by atoms with E-state index in [0.29, 0.717) is 27.9 Å². The minimum Gasteiger partial charge on any atom is -0.481 e. The first-order chi connectivity index (χ1) is 13.4. The number of carbonyl (C=O) groups excluding carboxylic acids is 1. The smallest absolute Gasteiger partial charge is 0.481 e. The third-order valence-corrected chi connectivity index (χ3v) is 3.97. The summed E-state index contributed by atoms with van der Waals surface area (Å²) >= 11 is 11.7. The molecule has 0 amide bonds. The molecule has 1 heterocycles. The molecule has 0 fully saturated rings. The normalized spacial score (nSPS) is 11.3. The Balaban J connectivity index is 2.36. The fraction of sp³-hybridized carbons (Fsp3) is 0.333. The van der Waals surface area contributed by atoms with Gasteiger partial charge in [0.25, 0.3) is 0 Å². The van der Waals surface area contributed by atoms with Gasteiger partial charge in [-0.05, 0) is 25.2 Å². The van der Waals surface area contributed by atoms with E-state index in [0.717, 1.165) is 0 Å². The van der Waals surface area contributed by atoms with Crippen LogP contribution in [0.15, 0.2) is 24.3 Å². The van der Waals surface area contributed by atoms with Crippen molar-refractivity contribution >= 4 is 35.0 Å². The first kappa shape index (κ1) is 21.6. The van der Waals surface area contributed by atoms with E-state index in [1.54, 1.807) is 25.1 Å². The average molecular weight is 427 g/mol. The number of halogens is 1. The number of carbonyl (C=O) groups is 1. The number of benzene rings is 1. The molecule has 0 N–H and O–H groups in total. The Morgan fingerprint density at radius 3 is 2.39 bits per heavy atom. The molecule has 2 aromatic rings. The van der Waals surface area contributed by atoms with Crippen LogP contribution >= 0.6 is 23.8 Å². The van der Waals surface area contributed by atoms with Gasteiger partial charge in [-0.3, -0.25) is 0 Å². The largest absolute Gasteiger partial charge is 0.511 e. The number of hydrogen-bond donors (Lipinski definition) is 0. The summed E-state index contributed by atoms with van der Waals surface area (Å²) in [5.41, 5.74) is 0.867. The van der Waals surface area contributed by atoms with Gasteiger partial charge in [0.1, 0.15) is 0 Å². The Bertz CT molecular complexity index is 842. The molecule has 0 radical (unpaired) electrons. The van der Waals surface area contributed by atoms with E-state index >= 15 is 0 Å². The zero-order valence-electron chi connectivity index (χ0n) is 15.7. The van der Waals surface area contributed by atoms with E-state index in [4.69, 9.17) is 47.5 Å². The highest BCUT2D eigenvalue weighted by atomic mass is 35.5. The van der Waals surface area contributed by atoms with E-state index in [-0.39, 0.29) is 17.5 Å². The van der Waals surface area contributed by atoms with E-state index < -0.39 is 12.4 Å². The predicted octanol–water partition coefficient (Wildman–Crippen LogP) is 4.03. The molecule has 1 atom stereocenters.